The van der Waals surface area contributed by atoms with Crippen LogP contribution in [0.1, 0.15) is 42.1 Å². The predicted molar refractivity (Wildman–Crippen MR) is 76.5 cm³/mol. The number of ketones is 1. The fourth-order valence-electron chi connectivity index (χ4n) is 2.50. The van der Waals surface area contributed by atoms with Gasteiger partial charge in [0.2, 0.25) is 0 Å². The molecule has 20 heavy (non-hydrogen) atoms. The molecule has 0 bridgehead atoms. The monoisotopic (exact) mass is 275 g/mol. The van der Waals surface area contributed by atoms with Crippen LogP contribution < -0.4 is 0 Å². The molecule has 4 nitrogen and oxygen atoms in total. The smallest absolute Gasteiger partial charge is 0.379 e. The average molecular weight is 275 g/mol. The summed E-state index contributed by atoms with van der Waals surface area (Å²) in [7, 11) is 0. The summed E-state index contributed by atoms with van der Waals surface area (Å²) in [6.45, 7) is 4.96. The predicted octanol–water partition coefficient (Wildman–Crippen LogP) is 2.42. The van der Waals surface area contributed by atoms with E-state index in [1.165, 1.54) is 19.3 Å². The topological polar surface area (TPSA) is 46.6 Å². The van der Waals surface area contributed by atoms with Crippen LogP contribution in [0.5, 0.6) is 0 Å². The van der Waals surface area contributed by atoms with Crippen LogP contribution in [0.25, 0.3) is 0 Å². The second kappa shape index (κ2) is 7.20. The Morgan fingerprint density at radius 3 is 2.65 bits per heavy atom. The van der Waals surface area contributed by atoms with Crippen molar-refractivity contribution in [2.45, 2.75) is 32.7 Å². The highest BCUT2D eigenvalue weighted by Gasteiger charge is 2.18. The van der Waals surface area contributed by atoms with Gasteiger partial charge in [-0.1, -0.05) is 24.6 Å². The molecule has 1 aliphatic heterocycles. The maximum Gasteiger partial charge on any atom is 0.379 e. The second-order valence-electron chi connectivity index (χ2n) is 5.09. The zero-order valence-corrected chi connectivity index (χ0v) is 11.9. The molecule has 1 aromatic rings. The Morgan fingerprint density at radius 2 is 1.95 bits per heavy atom. The molecule has 0 amide bonds. The van der Waals surface area contributed by atoms with Crippen LogP contribution >= 0.6 is 0 Å². The van der Waals surface area contributed by atoms with Crippen LogP contribution in [0.4, 0.5) is 0 Å². The number of benzene rings is 1. The molecule has 0 spiro atoms. The highest BCUT2D eigenvalue weighted by Crippen LogP contribution is 2.14. The summed E-state index contributed by atoms with van der Waals surface area (Å²) in [6, 6.07) is 7.29. The number of hydrogen-bond acceptors (Lipinski definition) is 4. The van der Waals surface area contributed by atoms with Gasteiger partial charge in [0.1, 0.15) is 0 Å². The molecule has 4 heteroatoms. The quantitative estimate of drug-likeness (QED) is 0.470. The minimum Gasteiger partial charge on any atom is -0.460 e. The summed E-state index contributed by atoms with van der Waals surface area (Å²) in [4.78, 5) is 25.7. The van der Waals surface area contributed by atoms with Gasteiger partial charge in [0.05, 0.1) is 6.61 Å². The third kappa shape index (κ3) is 3.90. The molecular formula is C16H21NO3. The van der Waals surface area contributed by atoms with Crippen molar-refractivity contribution in [3.05, 3.63) is 35.4 Å². The van der Waals surface area contributed by atoms with Crippen LogP contribution in [0, 0.1) is 0 Å². The largest absolute Gasteiger partial charge is 0.460 e. The lowest BCUT2D eigenvalue weighted by Crippen LogP contribution is -2.29. The SMILES string of the molecule is CCOC(=O)C(=O)c1cccc(CN2CCCCC2)c1. The molecule has 1 aliphatic rings. The lowest BCUT2D eigenvalue weighted by Gasteiger charge is -2.26. The highest BCUT2D eigenvalue weighted by atomic mass is 16.5. The van der Waals surface area contributed by atoms with Crippen LogP contribution in [-0.4, -0.2) is 36.3 Å². The lowest BCUT2D eigenvalue weighted by atomic mass is 10.1. The second-order valence-corrected chi connectivity index (χ2v) is 5.09. The number of rotatable bonds is 5. The molecule has 108 valence electrons. The van der Waals surface area contributed by atoms with Crippen molar-refractivity contribution in [2.24, 2.45) is 0 Å². The van der Waals surface area contributed by atoms with Crippen molar-refractivity contribution in [3.8, 4) is 0 Å². The Bertz CT molecular complexity index is 478. The molecule has 1 saturated heterocycles. The van der Waals surface area contributed by atoms with Gasteiger partial charge in [-0.2, -0.15) is 0 Å². The number of likely N-dealkylation sites (tertiary alicyclic amines) is 1. The van der Waals surface area contributed by atoms with E-state index in [0.29, 0.717) is 5.56 Å². The summed E-state index contributed by atoms with van der Waals surface area (Å²) in [5.41, 5.74) is 1.49. The van der Waals surface area contributed by atoms with Crippen molar-refractivity contribution in [2.75, 3.05) is 19.7 Å². The van der Waals surface area contributed by atoms with Crippen LogP contribution in [-0.2, 0) is 16.1 Å². The van der Waals surface area contributed by atoms with Gasteiger partial charge < -0.3 is 4.74 Å². The van der Waals surface area contributed by atoms with Gasteiger partial charge >= 0.3 is 5.97 Å². The lowest BCUT2D eigenvalue weighted by molar-refractivity contribution is -0.137. The minimum absolute atomic E-state index is 0.220. The number of hydrogen-bond donors (Lipinski definition) is 0. The Kier molecular flexibility index (Phi) is 5.30. The van der Waals surface area contributed by atoms with E-state index in [1.54, 1.807) is 19.1 Å². The Morgan fingerprint density at radius 1 is 1.20 bits per heavy atom. The van der Waals surface area contributed by atoms with Gasteiger partial charge in [-0.25, -0.2) is 4.79 Å². The Hall–Kier alpha value is -1.68. The first-order chi connectivity index (χ1) is 9.70. The van der Waals surface area contributed by atoms with Crippen molar-refractivity contribution < 1.29 is 14.3 Å². The molecular weight excluding hydrogens is 254 g/mol. The minimum atomic E-state index is -0.775. The van der Waals surface area contributed by atoms with E-state index in [-0.39, 0.29) is 6.61 Å². The average Bonchev–Trinajstić information content (AvgIpc) is 2.48. The molecule has 1 aromatic carbocycles. The van der Waals surface area contributed by atoms with E-state index in [2.05, 4.69) is 4.90 Å². The summed E-state index contributed by atoms with van der Waals surface area (Å²) in [5, 5.41) is 0. The number of carbonyl (C=O) groups is 2. The van der Waals surface area contributed by atoms with Crippen molar-refractivity contribution in [1.82, 2.24) is 4.90 Å². The van der Waals surface area contributed by atoms with Crippen LogP contribution in [0.15, 0.2) is 24.3 Å². The maximum atomic E-state index is 11.9. The van der Waals surface area contributed by atoms with E-state index < -0.39 is 11.8 Å². The summed E-state index contributed by atoms with van der Waals surface area (Å²) in [5.74, 6) is -1.34. The van der Waals surface area contributed by atoms with Gasteiger partial charge in [-0.05, 0) is 44.5 Å². The number of piperidine rings is 1. The zero-order valence-electron chi connectivity index (χ0n) is 11.9. The molecule has 0 saturated carbocycles. The fraction of sp³-hybridized carbons (Fsp3) is 0.500. The van der Waals surface area contributed by atoms with E-state index in [1.807, 2.05) is 12.1 Å². The fourth-order valence-corrected chi connectivity index (χ4v) is 2.50. The summed E-state index contributed by atoms with van der Waals surface area (Å²) >= 11 is 0. The van der Waals surface area contributed by atoms with E-state index >= 15 is 0 Å². The highest BCUT2D eigenvalue weighted by molar-refractivity contribution is 6.40. The van der Waals surface area contributed by atoms with Crippen molar-refractivity contribution >= 4 is 11.8 Å². The third-order valence-electron chi connectivity index (χ3n) is 3.50. The number of ether oxygens (including phenoxy) is 1. The van der Waals surface area contributed by atoms with E-state index in [0.717, 1.165) is 25.2 Å². The third-order valence-corrected chi connectivity index (χ3v) is 3.50. The Labute approximate surface area is 119 Å². The summed E-state index contributed by atoms with van der Waals surface area (Å²) in [6.07, 6.45) is 3.78. The van der Waals surface area contributed by atoms with Crippen LogP contribution in [0.3, 0.4) is 0 Å². The molecule has 2 rings (SSSR count). The van der Waals surface area contributed by atoms with Crippen molar-refractivity contribution in [1.29, 1.82) is 0 Å². The number of esters is 1. The first-order valence-corrected chi connectivity index (χ1v) is 7.23. The molecule has 0 N–H and O–H groups in total. The maximum absolute atomic E-state index is 11.9. The standard InChI is InChI=1S/C16H21NO3/c1-2-20-16(19)15(18)14-8-6-7-13(11-14)12-17-9-4-3-5-10-17/h6-8,11H,2-5,9-10,12H2,1H3. The molecule has 0 atom stereocenters. The molecule has 0 aromatic heterocycles. The van der Waals surface area contributed by atoms with E-state index in [4.69, 9.17) is 4.74 Å². The zero-order chi connectivity index (χ0) is 14.4. The molecule has 0 radical (unpaired) electrons. The first kappa shape index (κ1) is 14.7. The van der Waals surface area contributed by atoms with Crippen LogP contribution in [0.2, 0.25) is 0 Å². The number of Topliss-reactive ketones (excluding diaryl/α,β-unsaturated/α-hetero) is 1. The van der Waals surface area contributed by atoms with Gasteiger partial charge in [0.15, 0.2) is 0 Å². The molecule has 0 aliphatic carbocycles. The molecule has 0 unspecified atom stereocenters. The molecule has 1 fully saturated rings. The van der Waals surface area contributed by atoms with Gasteiger partial charge in [0.25, 0.3) is 5.78 Å². The Balaban J connectivity index is 2.03. The molecule has 1 heterocycles. The van der Waals surface area contributed by atoms with Crippen molar-refractivity contribution in [3.63, 3.8) is 0 Å². The first-order valence-electron chi connectivity index (χ1n) is 7.23. The number of carbonyl (C=O) groups excluding carboxylic acids is 2. The number of nitrogens with zero attached hydrogens (tertiary/aromatic N) is 1. The van der Waals surface area contributed by atoms with E-state index in [9.17, 15) is 9.59 Å². The summed E-state index contributed by atoms with van der Waals surface area (Å²) < 4.78 is 4.75. The van der Waals surface area contributed by atoms with Gasteiger partial charge in [0, 0.05) is 12.1 Å². The normalized spacial score (nSPS) is 15.8. The van der Waals surface area contributed by atoms with Gasteiger partial charge in [-0.3, -0.25) is 9.69 Å². The van der Waals surface area contributed by atoms with Gasteiger partial charge in [-0.15, -0.1) is 0 Å².